The van der Waals surface area contributed by atoms with Gasteiger partial charge >= 0.3 is 0 Å². The number of hydrogen-bond donors (Lipinski definition) is 0. The van der Waals surface area contributed by atoms with Crippen LogP contribution >= 0.6 is 0 Å². The van der Waals surface area contributed by atoms with Crippen molar-refractivity contribution in [3.63, 3.8) is 0 Å². The third-order valence-electron chi connectivity index (χ3n) is 13.9. The van der Waals surface area contributed by atoms with Gasteiger partial charge in [-0.15, -0.1) is 0 Å². The third kappa shape index (κ3) is 133. The highest BCUT2D eigenvalue weighted by atomic mass is 16.1. The summed E-state index contributed by atoms with van der Waals surface area (Å²) in [6.45, 7) is 15.4. The van der Waals surface area contributed by atoms with Gasteiger partial charge in [0.2, 0.25) is 0 Å². The van der Waals surface area contributed by atoms with Gasteiger partial charge in [0, 0.05) is 44.9 Å². The minimum Gasteiger partial charge on any atom is -0.303 e. The fourth-order valence-electron chi connectivity index (χ4n) is 8.56. The van der Waals surface area contributed by atoms with E-state index in [1.807, 2.05) is 6.92 Å². The van der Waals surface area contributed by atoms with Crippen molar-refractivity contribution in [3.05, 3.63) is 24.3 Å². The van der Waals surface area contributed by atoms with Crippen LogP contribution in [0.3, 0.4) is 0 Å². The van der Waals surface area contributed by atoms with E-state index in [0.717, 1.165) is 140 Å². The van der Waals surface area contributed by atoms with Gasteiger partial charge in [-0.3, -0.25) is 0 Å². The normalized spacial score (nSPS) is 10.2. The van der Waals surface area contributed by atoms with Gasteiger partial charge in [0.05, 0.1) is 0 Å². The highest BCUT2D eigenvalue weighted by Gasteiger charge is 1.94. The zero-order valence-electron chi connectivity index (χ0n) is 55.8. The van der Waals surface area contributed by atoms with Crippen LogP contribution in [0.25, 0.3) is 0 Å². The van der Waals surface area contributed by atoms with Crippen LogP contribution in [0.15, 0.2) is 24.3 Å². The Morgan fingerprint density at radius 2 is 0.321 bits per heavy atom. The van der Waals surface area contributed by atoms with Gasteiger partial charge in [0.1, 0.15) is 44.0 Å². The molecule has 0 amide bonds. The first-order valence-electron chi connectivity index (χ1n) is 35.2. The predicted octanol–water partition coefficient (Wildman–Crippen LogP) is 24.4. The van der Waals surface area contributed by atoms with E-state index in [0.29, 0.717) is 0 Å². The second-order valence-corrected chi connectivity index (χ2v) is 22.2. The van der Waals surface area contributed by atoms with Crippen molar-refractivity contribution < 1.29 is 33.6 Å². The summed E-state index contributed by atoms with van der Waals surface area (Å²) in [7, 11) is 0. The maximum absolute atomic E-state index is 10.1. The van der Waals surface area contributed by atoms with Gasteiger partial charge < -0.3 is 33.6 Å². The molecule has 0 saturated heterocycles. The second-order valence-electron chi connectivity index (χ2n) is 22.2. The highest BCUT2D eigenvalue weighted by Crippen LogP contribution is 2.12. The van der Waals surface area contributed by atoms with Crippen LogP contribution in [-0.4, -0.2) is 44.0 Å². The molecular formula is C74H144O7. The first-order chi connectivity index (χ1) is 39.9. The molecule has 7 heteroatoms. The molecule has 0 unspecified atom stereocenters. The van der Waals surface area contributed by atoms with E-state index in [1.165, 1.54) is 263 Å². The summed E-state index contributed by atoms with van der Waals surface area (Å²) in [5.74, 6) is 0. The Bertz CT molecular complexity index is 963. The van der Waals surface area contributed by atoms with Crippen LogP contribution in [0.1, 0.15) is 408 Å². The van der Waals surface area contributed by atoms with Gasteiger partial charge in [-0.2, -0.15) is 0 Å². The molecule has 0 aliphatic carbocycles. The van der Waals surface area contributed by atoms with Crippen molar-refractivity contribution in [2.24, 2.45) is 0 Å². The largest absolute Gasteiger partial charge is 0.303 e. The molecule has 0 aliphatic rings. The quantitative estimate of drug-likeness (QED) is 0.0338. The van der Waals surface area contributed by atoms with E-state index in [4.69, 9.17) is 0 Å². The summed E-state index contributed by atoms with van der Waals surface area (Å²) in [6, 6.07) is 0. The van der Waals surface area contributed by atoms with Crippen molar-refractivity contribution in [1.82, 2.24) is 0 Å². The molecule has 0 fully saturated rings. The second kappa shape index (κ2) is 109. The molecule has 0 aromatic carbocycles. The fraction of sp³-hybridized carbons (Fsp3) is 0.851. The third-order valence-corrected chi connectivity index (χ3v) is 13.9. The average molecular weight is 1150 g/mol. The number of carbonyl (C=O) groups is 7. The Morgan fingerprint density at radius 3 is 0.469 bits per heavy atom. The molecule has 0 heterocycles. The maximum atomic E-state index is 10.1. The lowest BCUT2D eigenvalue weighted by Gasteiger charge is -1.97. The Kier molecular flexibility index (Phi) is 123. The fourth-order valence-corrected chi connectivity index (χ4v) is 8.56. The van der Waals surface area contributed by atoms with Gasteiger partial charge in [-0.05, 0) is 71.1 Å². The first kappa shape index (κ1) is 91.9. The number of unbranched alkanes of at least 4 members (excludes halogenated alkanes) is 48. The van der Waals surface area contributed by atoms with Gasteiger partial charge in [-0.1, -0.05) is 316 Å². The van der Waals surface area contributed by atoms with E-state index in [1.54, 1.807) is 0 Å². The zero-order valence-corrected chi connectivity index (χ0v) is 55.8. The van der Waals surface area contributed by atoms with Crippen molar-refractivity contribution in [2.75, 3.05) is 0 Å². The lowest BCUT2D eigenvalue weighted by Crippen LogP contribution is -1.80. The molecule has 81 heavy (non-hydrogen) atoms. The number of hydrogen-bond acceptors (Lipinski definition) is 7. The van der Waals surface area contributed by atoms with Gasteiger partial charge in [0.25, 0.3) is 0 Å². The number of aldehydes is 7. The van der Waals surface area contributed by atoms with E-state index in [9.17, 15) is 33.6 Å². The standard InChI is InChI=1S/C14H24O.6C10H20O/c1-2-3-4-5-6-7-8-9-10-11-12-13-14-15;6*1-2-3-4-5-6-7-8-9-10-11/h2-3,5-6,14H,4,7-13H2,1H3;6*10H,2-9H2,1H3/b3-2+,6-5+;;;;;;. The topological polar surface area (TPSA) is 119 Å². The highest BCUT2D eigenvalue weighted by molar-refractivity contribution is 5.50. The van der Waals surface area contributed by atoms with Crippen LogP contribution in [0, 0.1) is 0 Å². The van der Waals surface area contributed by atoms with Crippen LogP contribution in [0.2, 0.25) is 0 Å². The summed E-state index contributed by atoms with van der Waals surface area (Å²) in [5, 5.41) is 0. The summed E-state index contributed by atoms with van der Waals surface area (Å²) in [6.07, 6.45) is 83.9. The van der Waals surface area contributed by atoms with Gasteiger partial charge in [0.15, 0.2) is 0 Å². The smallest absolute Gasteiger partial charge is 0.119 e. The van der Waals surface area contributed by atoms with Crippen molar-refractivity contribution in [3.8, 4) is 0 Å². The molecule has 0 saturated carbocycles. The van der Waals surface area contributed by atoms with Crippen molar-refractivity contribution in [2.45, 2.75) is 408 Å². The molecular weight excluding hydrogens is 1000 g/mol. The molecule has 0 N–H and O–H groups in total. The summed E-state index contributed by atoms with van der Waals surface area (Å²) >= 11 is 0. The molecule has 0 rings (SSSR count). The molecule has 7 nitrogen and oxygen atoms in total. The lowest BCUT2D eigenvalue weighted by atomic mass is 10.1. The molecule has 0 aromatic heterocycles. The Hall–Kier alpha value is -2.83. The van der Waals surface area contributed by atoms with Crippen LogP contribution < -0.4 is 0 Å². The van der Waals surface area contributed by atoms with E-state index in [2.05, 4.69) is 65.8 Å². The van der Waals surface area contributed by atoms with Crippen molar-refractivity contribution in [1.29, 1.82) is 0 Å². The zero-order chi connectivity index (χ0) is 61.4. The Morgan fingerprint density at radius 1 is 0.173 bits per heavy atom. The van der Waals surface area contributed by atoms with Crippen LogP contribution in [0.4, 0.5) is 0 Å². The van der Waals surface area contributed by atoms with Crippen LogP contribution in [-0.2, 0) is 33.6 Å². The molecule has 0 atom stereocenters. The molecule has 0 aromatic rings. The number of carbonyl (C=O) groups excluding carboxylic acids is 7. The summed E-state index contributed by atoms with van der Waals surface area (Å²) < 4.78 is 0. The van der Waals surface area contributed by atoms with E-state index in [-0.39, 0.29) is 0 Å². The average Bonchev–Trinajstić information content (AvgIpc) is 3.48. The van der Waals surface area contributed by atoms with Crippen molar-refractivity contribution >= 4 is 44.0 Å². The molecule has 0 spiro atoms. The number of rotatable bonds is 58. The SMILES string of the molecule is C/C=C/C/C=C/CCCCCCCC=O.CCCCCCCCCC=O.CCCCCCCCCC=O.CCCCCCCCCC=O.CCCCCCCCCC=O.CCCCCCCCCC=O.CCCCCCCCCC=O. The Labute approximate surface area is 507 Å². The maximum Gasteiger partial charge on any atom is 0.119 e. The molecule has 0 aliphatic heterocycles. The number of allylic oxidation sites excluding steroid dienone is 4. The monoisotopic (exact) mass is 1150 g/mol. The summed E-state index contributed by atoms with van der Waals surface area (Å²) in [5.41, 5.74) is 0. The van der Waals surface area contributed by atoms with Crippen LogP contribution in [0.5, 0.6) is 0 Å². The summed E-state index contributed by atoms with van der Waals surface area (Å²) in [4.78, 5) is 69.7. The molecule has 0 radical (unpaired) electrons. The predicted molar refractivity (Wildman–Crippen MR) is 359 cm³/mol. The van der Waals surface area contributed by atoms with Gasteiger partial charge in [-0.25, -0.2) is 0 Å². The lowest BCUT2D eigenvalue weighted by molar-refractivity contribution is -0.108. The first-order valence-corrected chi connectivity index (χ1v) is 35.2. The molecule has 482 valence electrons. The molecule has 0 bridgehead atoms. The van der Waals surface area contributed by atoms with E-state index < -0.39 is 0 Å². The Balaban J connectivity index is -0.000000158. The minimum absolute atomic E-state index is 0.739. The van der Waals surface area contributed by atoms with E-state index >= 15 is 0 Å². The minimum atomic E-state index is 0.739.